The molecule has 104 valence electrons. The fourth-order valence-corrected chi connectivity index (χ4v) is 4.24. The van der Waals surface area contributed by atoms with E-state index in [1.165, 1.54) is 30.6 Å². The Morgan fingerprint density at radius 2 is 2.26 bits per heavy atom. The Balaban J connectivity index is 1.77. The first-order valence-corrected chi connectivity index (χ1v) is 8.51. The second kappa shape index (κ2) is 5.55. The quantitative estimate of drug-likeness (QED) is 0.922. The molecule has 1 unspecified atom stereocenters. The van der Waals surface area contributed by atoms with E-state index in [0.29, 0.717) is 12.6 Å². The van der Waals surface area contributed by atoms with Crippen LogP contribution in [0.15, 0.2) is 18.2 Å². The van der Waals surface area contributed by atoms with Gasteiger partial charge in [-0.2, -0.15) is 11.8 Å². The van der Waals surface area contributed by atoms with E-state index < -0.39 is 0 Å². The van der Waals surface area contributed by atoms with Gasteiger partial charge in [0, 0.05) is 17.7 Å². The minimum absolute atomic E-state index is 0.172. The monoisotopic (exact) mass is 297 g/mol. The maximum Gasteiger partial charge on any atom is 0.138 e. The van der Waals surface area contributed by atoms with E-state index in [-0.39, 0.29) is 5.41 Å². The van der Waals surface area contributed by atoms with E-state index in [1.807, 2.05) is 17.8 Å². The second-order valence-corrected chi connectivity index (χ2v) is 7.14. The van der Waals surface area contributed by atoms with Gasteiger partial charge in [-0.3, -0.25) is 0 Å². The van der Waals surface area contributed by atoms with Crippen molar-refractivity contribution in [3.05, 3.63) is 28.8 Å². The summed E-state index contributed by atoms with van der Waals surface area (Å²) >= 11 is 8.33. The minimum atomic E-state index is 0.172. The van der Waals surface area contributed by atoms with Crippen molar-refractivity contribution in [2.75, 3.05) is 18.1 Å². The van der Waals surface area contributed by atoms with Crippen molar-refractivity contribution in [1.29, 1.82) is 0 Å². The fourth-order valence-electron chi connectivity index (χ4n) is 2.93. The lowest BCUT2D eigenvalue weighted by molar-refractivity contribution is 0.228. The third-order valence-corrected chi connectivity index (χ3v) is 5.85. The summed E-state index contributed by atoms with van der Waals surface area (Å²) in [6.07, 6.45) is 5.07. The molecule has 1 aromatic carbocycles. The lowest BCUT2D eigenvalue weighted by Crippen LogP contribution is -2.41. The van der Waals surface area contributed by atoms with E-state index in [1.54, 1.807) is 0 Å². The predicted octanol–water partition coefficient (Wildman–Crippen LogP) is 3.60. The summed E-state index contributed by atoms with van der Waals surface area (Å²) < 4.78 is 5.98. The first kappa shape index (κ1) is 13.6. The lowest BCUT2D eigenvalue weighted by Gasteiger charge is -2.41. The molecule has 1 atom stereocenters. The van der Waals surface area contributed by atoms with Crippen molar-refractivity contribution in [3.63, 3.8) is 0 Å². The largest absolute Gasteiger partial charge is 0.488 e. The van der Waals surface area contributed by atoms with Gasteiger partial charge < -0.3 is 10.5 Å². The molecule has 4 heteroatoms. The molecule has 1 aromatic rings. The Hall–Kier alpha value is -0.380. The molecule has 1 aliphatic carbocycles. The van der Waals surface area contributed by atoms with Crippen LogP contribution in [-0.4, -0.2) is 24.2 Å². The lowest BCUT2D eigenvalue weighted by atomic mass is 9.64. The van der Waals surface area contributed by atoms with Gasteiger partial charge in [0.25, 0.3) is 0 Å². The van der Waals surface area contributed by atoms with Crippen LogP contribution in [0.4, 0.5) is 0 Å². The third-order valence-electron chi connectivity index (χ3n) is 4.43. The molecule has 2 aliphatic rings. The van der Waals surface area contributed by atoms with Gasteiger partial charge in [0.2, 0.25) is 0 Å². The zero-order valence-corrected chi connectivity index (χ0v) is 12.6. The smallest absolute Gasteiger partial charge is 0.138 e. The highest BCUT2D eigenvalue weighted by atomic mass is 35.5. The Kier molecular flexibility index (Phi) is 3.97. The van der Waals surface area contributed by atoms with Crippen LogP contribution in [0.1, 0.15) is 31.2 Å². The van der Waals surface area contributed by atoms with Crippen LogP contribution in [-0.2, 0) is 5.41 Å². The summed E-state index contributed by atoms with van der Waals surface area (Å²) in [6.45, 7) is 0.711. The van der Waals surface area contributed by atoms with Crippen LogP contribution in [0.25, 0.3) is 0 Å². The standard InChI is InChI=1S/C15H20ClNOS/c16-13-8-11(15(10-17)5-1-6-15)2-3-14(13)18-12-4-7-19-9-12/h2-3,8,12H,1,4-7,9-10,17H2. The normalized spacial score (nSPS) is 25.1. The van der Waals surface area contributed by atoms with Crippen LogP contribution in [0.2, 0.25) is 5.02 Å². The van der Waals surface area contributed by atoms with Gasteiger partial charge >= 0.3 is 0 Å². The highest BCUT2D eigenvalue weighted by molar-refractivity contribution is 7.99. The minimum Gasteiger partial charge on any atom is -0.488 e. The van der Waals surface area contributed by atoms with E-state index >= 15 is 0 Å². The number of halogens is 1. The molecule has 2 fully saturated rings. The fraction of sp³-hybridized carbons (Fsp3) is 0.600. The first-order valence-electron chi connectivity index (χ1n) is 6.98. The van der Waals surface area contributed by atoms with Crippen molar-refractivity contribution in [3.8, 4) is 5.75 Å². The van der Waals surface area contributed by atoms with Crippen molar-refractivity contribution in [2.24, 2.45) is 5.73 Å². The average molecular weight is 298 g/mol. The van der Waals surface area contributed by atoms with Gasteiger partial charge in [0.1, 0.15) is 11.9 Å². The Bertz CT molecular complexity index is 450. The molecule has 0 bridgehead atoms. The maximum absolute atomic E-state index is 6.38. The van der Waals surface area contributed by atoms with Crippen molar-refractivity contribution in [1.82, 2.24) is 0 Å². The zero-order valence-electron chi connectivity index (χ0n) is 11.0. The van der Waals surface area contributed by atoms with Gasteiger partial charge in [-0.15, -0.1) is 0 Å². The van der Waals surface area contributed by atoms with Gasteiger partial charge in [-0.05, 0) is 42.7 Å². The van der Waals surface area contributed by atoms with E-state index in [2.05, 4.69) is 12.1 Å². The predicted molar refractivity (Wildman–Crippen MR) is 82.4 cm³/mol. The summed E-state index contributed by atoms with van der Waals surface area (Å²) in [5.41, 5.74) is 7.39. The van der Waals surface area contributed by atoms with E-state index in [4.69, 9.17) is 22.1 Å². The highest BCUT2D eigenvalue weighted by Gasteiger charge is 2.37. The van der Waals surface area contributed by atoms with Crippen molar-refractivity contribution < 1.29 is 4.74 Å². The van der Waals surface area contributed by atoms with Crippen molar-refractivity contribution in [2.45, 2.75) is 37.2 Å². The zero-order chi connectivity index (χ0) is 13.3. The molecule has 1 saturated carbocycles. The number of ether oxygens (including phenoxy) is 1. The highest BCUT2D eigenvalue weighted by Crippen LogP contribution is 2.44. The van der Waals surface area contributed by atoms with Crippen LogP contribution >= 0.6 is 23.4 Å². The van der Waals surface area contributed by atoms with E-state index in [0.717, 1.165) is 22.9 Å². The van der Waals surface area contributed by atoms with Crippen LogP contribution < -0.4 is 10.5 Å². The Labute approximate surface area is 124 Å². The van der Waals surface area contributed by atoms with Gasteiger partial charge in [0.15, 0.2) is 0 Å². The summed E-state index contributed by atoms with van der Waals surface area (Å²) in [4.78, 5) is 0. The summed E-state index contributed by atoms with van der Waals surface area (Å²) in [7, 11) is 0. The van der Waals surface area contributed by atoms with E-state index in [9.17, 15) is 0 Å². The summed E-state index contributed by atoms with van der Waals surface area (Å²) in [5.74, 6) is 3.09. The molecule has 3 rings (SSSR count). The van der Waals surface area contributed by atoms with Crippen LogP contribution in [0.3, 0.4) is 0 Å². The number of hydrogen-bond donors (Lipinski definition) is 1. The molecular formula is C15H20ClNOS. The van der Waals surface area contributed by atoms with Gasteiger partial charge in [0.05, 0.1) is 5.02 Å². The number of nitrogens with two attached hydrogens (primary N) is 1. The molecule has 0 radical (unpaired) electrons. The van der Waals surface area contributed by atoms with Gasteiger partial charge in [-0.25, -0.2) is 0 Å². The van der Waals surface area contributed by atoms with Crippen LogP contribution in [0.5, 0.6) is 5.75 Å². The summed E-state index contributed by atoms with van der Waals surface area (Å²) in [6, 6.07) is 6.23. The third kappa shape index (κ3) is 2.61. The first-order chi connectivity index (χ1) is 9.23. The van der Waals surface area contributed by atoms with Gasteiger partial charge in [-0.1, -0.05) is 24.1 Å². The average Bonchev–Trinajstić information content (AvgIpc) is 2.85. The molecule has 0 spiro atoms. The Morgan fingerprint density at radius 3 is 2.79 bits per heavy atom. The molecule has 2 N–H and O–H groups in total. The van der Waals surface area contributed by atoms with Crippen LogP contribution in [0, 0.1) is 0 Å². The van der Waals surface area contributed by atoms with Crippen molar-refractivity contribution >= 4 is 23.4 Å². The summed E-state index contributed by atoms with van der Waals surface area (Å²) in [5, 5.41) is 0.731. The SMILES string of the molecule is NCC1(c2ccc(OC3CCSC3)c(Cl)c2)CCC1. The number of rotatable bonds is 4. The number of thioether (sulfide) groups is 1. The molecule has 1 aliphatic heterocycles. The number of benzene rings is 1. The molecular weight excluding hydrogens is 278 g/mol. The topological polar surface area (TPSA) is 35.2 Å². The maximum atomic E-state index is 6.38. The molecule has 0 aromatic heterocycles. The Morgan fingerprint density at radius 1 is 1.42 bits per heavy atom. The number of hydrogen-bond acceptors (Lipinski definition) is 3. The molecule has 2 nitrogen and oxygen atoms in total. The molecule has 1 heterocycles. The molecule has 19 heavy (non-hydrogen) atoms. The molecule has 1 saturated heterocycles. The molecule has 0 amide bonds. The second-order valence-electron chi connectivity index (χ2n) is 5.59.